The molecule has 0 bridgehead atoms. The molecule has 0 aliphatic heterocycles. The van der Waals surface area contributed by atoms with Gasteiger partial charge in [-0.05, 0) is 19.1 Å². The smallest absolute Gasteiger partial charge is 0.304 e. The van der Waals surface area contributed by atoms with Crippen LogP contribution in [0.1, 0.15) is 6.92 Å². The summed E-state index contributed by atoms with van der Waals surface area (Å²) in [6, 6.07) is 8.14. The summed E-state index contributed by atoms with van der Waals surface area (Å²) in [5.74, 6) is -0.780. The third-order valence-electron chi connectivity index (χ3n) is 4.04. The number of carbonyl (C=O) groups excluding carboxylic acids is 1. The Bertz CT molecular complexity index is 1350. The van der Waals surface area contributed by atoms with Crippen LogP contribution in [0.15, 0.2) is 52.1 Å². The number of anilines is 1. The Labute approximate surface area is 172 Å². The van der Waals surface area contributed by atoms with Gasteiger partial charge in [-0.15, -0.1) is 0 Å². The van der Waals surface area contributed by atoms with Crippen molar-refractivity contribution < 1.29 is 26.7 Å². The molecule has 0 unspecified atom stereocenters. The van der Waals surface area contributed by atoms with Crippen LogP contribution in [0.4, 0.5) is 10.8 Å². The van der Waals surface area contributed by atoms with Crippen molar-refractivity contribution in [2.45, 2.75) is 17.9 Å². The minimum Gasteiger partial charge on any atom is -0.443 e. The molecule has 30 heavy (non-hydrogen) atoms. The van der Waals surface area contributed by atoms with Crippen molar-refractivity contribution in [3.8, 4) is 0 Å². The van der Waals surface area contributed by atoms with Gasteiger partial charge in [-0.2, -0.15) is 8.42 Å². The van der Waals surface area contributed by atoms with Crippen LogP contribution in [0.5, 0.6) is 0 Å². The topological polar surface area (TPSA) is 155 Å². The summed E-state index contributed by atoms with van der Waals surface area (Å²) in [4.78, 5) is 30.3. The van der Waals surface area contributed by atoms with Crippen molar-refractivity contribution >= 4 is 59.5 Å². The first-order valence-electron chi connectivity index (χ1n) is 8.36. The Morgan fingerprint density at radius 2 is 2.07 bits per heavy atom. The molecule has 4 rings (SSSR count). The lowest BCUT2D eigenvalue weighted by molar-refractivity contribution is -0.387. The van der Waals surface area contributed by atoms with Crippen molar-refractivity contribution in [3.63, 3.8) is 0 Å². The van der Waals surface area contributed by atoms with E-state index in [4.69, 9.17) is 8.60 Å². The van der Waals surface area contributed by atoms with Gasteiger partial charge < -0.3 is 4.42 Å². The number of oxazole rings is 1. The van der Waals surface area contributed by atoms with Gasteiger partial charge in [0.25, 0.3) is 11.6 Å². The van der Waals surface area contributed by atoms with E-state index in [0.717, 1.165) is 28.2 Å². The molecule has 1 amide bonds. The van der Waals surface area contributed by atoms with Crippen molar-refractivity contribution in [3.05, 3.63) is 52.9 Å². The lowest BCUT2D eigenvalue weighted by Crippen LogP contribution is -2.30. The third-order valence-corrected chi connectivity index (χ3v) is 6.40. The molecular formula is C17H12N4O7S2. The summed E-state index contributed by atoms with van der Waals surface area (Å²) in [5, 5.41) is 13.8. The Balaban J connectivity index is 1.52. The van der Waals surface area contributed by atoms with Gasteiger partial charge in [0.2, 0.25) is 0 Å². The fraction of sp³-hybridized carbons (Fsp3) is 0.118. The zero-order chi connectivity index (χ0) is 21.5. The number of nitro groups is 1. The fourth-order valence-electron chi connectivity index (χ4n) is 2.64. The molecular weight excluding hydrogens is 436 g/mol. The first-order chi connectivity index (χ1) is 14.2. The zero-order valence-electron chi connectivity index (χ0n) is 15.1. The lowest BCUT2D eigenvalue weighted by atomic mass is 10.3. The lowest BCUT2D eigenvalue weighted by Gasteiger charge is -2.12. The van der Waals surface area contributed by atoms with E-state index in [9.17, 15) is 23.3 Å². The molecule has 1 atom stereocenters. The number of hydrogen-bond donors (Lipinski definition) is 1. The van der Waals surface area contributed by atoms with Gasteiger partial charge in [-0.25, -0.2) is 9.97 Å². The maximum atomic E-state index is 12.4. The van der Waals surface area contributed by atoms with Crippen molar-refractivity contribution in [2.24, 2.45) is 0 Å². The standard InChI is InChI=1S/C17H12N4O7S2/c1-9(28-30(25,26)15-5-3-2-4-12(15)21(23)24)16(22)20-17-19-11-6-13-10(18-8-27-13)7-14(11)29-17/h2-9H,1H3,(H,19,20,22)/t9-/m1/s1. The Hall–Kier alpha value is -3.42. The monoisotopic (exact) mass is 448 g/mol. The number of thiazole rings is 1. The number of nitrogens with zero attached hydrogens (tertiary/aromatic N) is 3. The van der Waals surface area contributed by atoms with Crippen LogP contribution in [0, 0.1) is 10.1 Å². The van der Waals surface area contributed by atoms with E-state index in [2.05, 4.69) is 15.3 Å². The molecule has 2 heterocycles. The molecule has 0 spiro atoms. The zero-order valence-corrected chi connectivity index (χ0v) is 16.8. The largest absolute Gasteiger partial charge is 0.443 e. The SMILES string of the molecule is C[C@@H](OS(=O)(=O)c1ccccc1[N+](=O)[O-])C(=O)Nc1nc2cc3ocnc3cc2s1. The maximum Gasteiger partial charge on any atom is 0.304 e. The molecule has 4 aromatic rings. The van der Waals surface area contributed by atoms with Crippen LogP contribution in [-0.4, -0.2) is 35.3 Å². The minimum atomic E-state index is -4.56. The number of benzene rings is 2. The van der Waals surface area contributed by atoms with E-state index in [1.54, 1.807) is 12.1 Å². The van der Waals surface area contributed by atoms with Gasteiger partial charge in [-0.1, -0.05) is 23.5 Å². The van der Waals surface area contributed by atoms with E-state index >= 15 is 0 Å². The van der Waals surface area contributed by atoms with E-state index in [-0.39, 0.29) is 5.13 Å². The van der Waals surface area contributed by atoms with Gasteiger partial charge in [0.1, 0.15) is 5.52 Å². The van der Waals surface area contributed by atoms with E-state index in [0.29, 0.717) is 16.6 Å². The molecule has 0 aliphatic rings. The molecule has 0 radical (unpaired) electrons. The maximum absolute atomic E-state index is 12.4. The quantitative estimate of drug-likeness (QED) is 0.266. The van der Waals surface area contributed by atoms with Crippen LogP contribution in [-0.2, 0) is 19.1 Å². The number of nitro benzene ring substituents is 1. The van der Waals surface area contributed by atoms with Gasteiger partial charge in [0, 0.05) is 12.1 Å². The number of hydrogen-bond acceptors (Lipinski definition) is 10. The number of nitrogens with one attached hydrogen (secondary N) is 1. The number of carbonyl (C=O) groups is 1. The average molecular weight is 448 g/mol. The first kappa shape index (κ1) is 19.9. The molecule has 2 aromatic carbocycles. The van der Waals surface area contributed by atoms with Gasteiger partial charge in [0.05, 0.1) is 15.1 Å². The fourth-order valence-corrected chi connectivity index (χ4v) is 4.74. The highest BCUT2D eigenvalue weighted by Gasteiger charge is 2.30. The second kappa shape index (κ2) is 7.44. The summed E-state index contributed by atoms with van der Waals surface area (Å²) in [5.41, 5.74) is 1.10. The van der Waals surface area contributed by atoms with Crippen LogP contribution >= 0.6 is 11.3 Å². The molecule has 2 aromatic heterocycles. The predicted molar refractivity (Wildman–Crippen MR) is 107 cm³/mol. The van der Waals surface area contributed by atoms with Crippen molar-refractivity contribution in [1.29, 1.82) is 0 Å². The molecule has 1 N–H and O–H groups in total. The molecule has 0 saturated heterocycles. The Morgan fingerprint density at radius 1 is 1.30 bits per heavy atom. The first-order valence-corrected chi connectivity index (χ1v) is 10.6. The summed E-state index contributed by atoms with van der Waals surface area (Å²) in [6.45, 7) is 1.21. The van der Waals surface area contributed by atoms with Crippen molar-refractivity contribution in [1.82, 2.24) is 9.97 Å². The van der Waals surface area contributed by atoms with E-state index in [1.165, 1.54) is 25.5 Å². The highest BCUT2D eigenvalue weighted by Crippen LogP contribution is 2.30. The van der Waals surface area contributed by atoms with Gasteiger partial charge in [0.15, 0.2) is 28.1 Å². The molecule has 0 aliphatic carbocycles. The van der Waals surface area contributed by atoms with Crippen molar-refractivity contribution in [2.75, 3.05) is 5.32 Å². The van der Waals surface area contributed by atoms with Gasteiger partial charge >= 0.3 is 10.1 Å². The second-order valence-electron chi connectivity index (χ2n) is 6.07. The summed E-state index contributed by atoms with van der Waals surface area (Å²) < 4.78 is 35.7. The predicted octanol–water partition coefficient (Wildman–Crippen LogP) is 3.08. The van der Waals surface area contributed by atoms with Crippen LogP contribution in [0.2, 0.25) is 0 Å². The molecule has 0 saturated carbocycles. The summed E-state index contributed by atoms with van der Waals surface area (Å²) >= 11 is 1.16. The second-order valence-corrected chi connectivity index (χ2v) is 8.64. The van der Waals surface area contributed by atoms with E-state index in [1.807, 2.05) is 0 Å². The van der Waals surface area contributed by atoms with Crippen LogP contribution < -0.4 is 5.32 Å². The summed E-state index contributed by atoms with van der Waals surface area (Å²) in [6.07, 6.45) is -0.146. The third kappa shape index (κ3) is 3.72. The number of rotatable bonds is 6. The molecule has 11 nitrogen and oxygen atoms in total. The normalized spacial score (nSPS) is 12.8. The number of aromatic nitrogens is 2. The highest BCUT2D eigenvalue weighted by molar-refractivity contribution is 7.87. The molecule has 0 fully saturated rings. The van der Waals surface area contributed by atoms with Crippen LogP contribution in [0.3, 0.4) is 0 Å². The Morgan fingerprint density at radius 3 is 2.83 bits per heavy atom. The van der Waals surface area contributed by atoms with E-state index < -0.39 is 37.6 Å². The summed E-state index contributed by atoms with van der Waals surface area (Å²) in [7, 11) is -4.56. The number of fused-ring (bicyclic) bond motifs is 2. The van der Waals surface area contributed by atoms with Crippen LogP contribution in [0.25, 0.3) is 21.3 Å². The Kier molecular flexibility index (Phi) is 4.93. The number of para-hydroxylation sites is 1. The van der Waals surface area contributed by atoms with Gasteiger partial charge in [-0.3, -0.25) is 24.4 Å². The minimum absolute atomic E-state index is 0.223. The number of amides is 1. The molecule has 13 heteroatoms. The average Bonchev–Trinajstić information content (AvgIpc) is 3.30. The highest BCUT2D eigenvalue weighted by atomic mass is 32.2. The molecule has 154 valence electrons.